The third-order valence-corrected chi connectivity index (χ3v) is 4.27. The molecule has 0 radical (unpaired) electrons. The van der Waals surface area contributed by atoms with Gasteiger partial charge in [-0.3, -0.25) is 0 Å². The SMILES string of the molecule is CNC(CC1CCOCC1)C1CCCC1. The van der Waals surface area contributed by atoms with Crippen molar-refractivity contribution >= 4 is 0 Å². The number of hydrogen-bond acceptors (Lipinski definition) is 2. The zero-order chi connectivity index (χ0) is 10.5. The number of hydrogen-bond donors (Lipinski definition) is 1. The maximum Gasteiger partial charge on any atom is 0.0468 e. The normalized spacial score (nSPS) is 27.0. The summed E-state index contributed by atoms with van der Waals surface area (Å²) in [7, 11) is 2.14. The van der Waals surface area contributed by atoms with Crippen molar-refractivity contribution in [2.45, 2.75) is 51.0 Å². The van der Waals surface area contributed by atoms with Crippen molar-refractivity contribution in [3.05, 3.63) is 0 Å². The number of ether oxygens (including phenoxy) is 1. The molecule has 0 amide bonds. The Hall–Kier alpha value is -0.0800. The Labute approximate surface area is 93.8 Å². The second-order valence-electron chi connectivity index (χ2n) is 5.23. The molecule has 1 atom stereocenters. The van der Waals surface area contributed by atoms with Gasteiger partial charge in [0.25, 0.3) is 0 Å². The molecule has 15 heavy (non-hydrogen) atoms. The molecular formula is C13H25NO. The van der Waals surface area contributed by atoms with Crippen LogP contribution in [0.15, 0.2) is 0 Å². The second-order valence-corrected chi connectivity index (χ2v) is 5.23. The zero-order valence-corrected chi connectivity index (χ0v) is 10.0. The van der Waals surface area contributed by atoms with E-state index in [9.17, 15) is 0 Å². The quantitative estimate of drug-likeness (QED) is 0.771. The highest BCUT2D eigenvalue weighted by atomic mass is 16.5. The Morgan fingerprint density at radius 3 is 2.40 bits per heavy atom. The van der Waals surface area contributed by atoms with Gasteiger partial charge in [0.05, 0.1) is 0 Å². The molecule has 88 valence electrons. The molecule has 0 spiro atoms. The van der Waals surface area contributed by atoms with Gasteiger partial charge in [0, 0.05) is 19.3 Å². The average molecular weight is 211 g/mol. The van der Waals surface area contributed by atoms with Crippen molar-refractivity contribution in [1.29, 1.82) is 0 Å². The fraction of sp³-hybridized carbons (Fsp3) is 1.00. The lowest BCUT2D eigenvalue weighted by Gasteiger charge is -2.29. The number of nitrogens with one attached hydrogen (secondary N) is 1. The van der Waals surface area contributed by atoms with E-state index in [4.69, 9.17) is 4.74 Å². The molecule has 2 nitrogen and oxygen atoms in total. The largest absolute Gasteiger partial charge is 0.381 e. The highest BCUT2D eigenvalue weighted by Crippen LogP contribution is 2.32. The van der Waals surface area contributed by atoms with Crippen molar-refractivity contribution in [3.63, 3.8) is 0 Å². The van der Waals surface area contributed by atoms with Crippen molar-refractivity contribution in [1.82, 2.24) is 5.32 Å². The van der Waals surface area contributed by atoms with E-state index in [-0.39, 0.29) is 0 Å². The first-order chi connectivity index (χ1) is 7.40. The third-order valence-electron chi connectivity index (χ3n) is 4.27. The maximum absolute atomic E-state index is 5.42. The van der Waals surface area contributed by atoms with Gasteiger partial charge in [0.15, 0.2) is 0 Å². The van der Waals surface area contributed by atoms with Crippen LogP contribution < -0.4 is 5.32 Å². The highest BCUT2D eigenvalue weighted by molar-refractivity contribution is 4.82. The predicted molar refractivity (Wildman–Crippen MR) is 63.0 cm³/mol. The Bertz CT molecular complexity index is 171. The molecule has 1 N–H and O–H groups in total. The van der Waals surface area contributed by atoms with E-state index < -0.39 is 0 Å². The maximum atomic E-state index is 5.42. The average Bonchev–Trinajstić information content (AvgIpc) is 2.81. The Morgan fingerprint density at radius 1 is 1.13 bits per heavy atom. The molecule has 2 heteroatoms. The van der Waals surface area contributed by atoms with Crippen LogP contribution in [0.4, 0.5) is 0 Å². The van der Waals surface area contributed by atoms with Crippen LogP contribution in [0.3, 0.4) is 0 Å². The van der Waals surface area contributed by atoms with Crippen LogP contribution in [-0.4, -0.2) is 26.3 Å². The minimum absolute atomic E-state index is 0.774. The van der Waals surface area contributed by atoms with Gasteiger partial charge in [0.2, 0.25) is 0 Å². The molecule has 2 aliphatic rings. The first kappa shape index (κ1) is 11.4. The van der Waals surface area contributed by atoms with E-state index >= 15 is 0 Å². The van der Waals surface area contributed by atoms with E-state index in [1.807, 2.05) is 0 Å². The van der Waals surface area contributed by atoms with Crippen molar-refractivity contribution in [2.75, 3.05) is 20.3 Å². The molecule has 2 rings (SSSR count). The lowest BCUT2D eigenvalue weighted by atomic mass is 9.86. The van der Waals surface area contributed by atoms with Gasteiger partial charge in [-0.1, -0.05) is 12.8 Å². The van der Waals surface area contributed by atoms with E-state index in [1.54, 1.807) is 0 Å². The molecule has 1 unspecified atom stereocenters. The third kappa shape index (κ3) is 3.18. The van der Waals surface area contributed by atoms with E-state index in [0.717, 1.165) is 31.1 Å². The topological polar surface area (TPSA) is 21.3 Å². The van der Waals surface area contributed by atoms with Gasteiger partial charge in [-0.2, -0.15) is 0 Å². The Balaban J connectivity index is 1.78. The first-order valence-corrected chi connectivity index (χ1v) is 6.65. The van der Waals surface area contributed by atoms with Crippen LogP contribution in [0.2, 0.25) is 0 Å². The second kappa shape index (κ2) is 5.86. The van der Waals surface area contributed by atoms with Crippen molar-refractivity contribution in [3.8, 4) is 0 Å². The summed E-state index contributed by atoms with van der Waals surface area (Å²) in [5, 5.41) is 3.55. The summed E-state index contributed by atoms with van der Waals surface area (Å²) in [5.41, 5.74) is 0. The monoisotopic (exact) mass is 211 g/mol. The molecule has 1 aliphatic heterocycles. The van der Waals surface area contributed by atoms with Gasteiger partial charge in [-0.05, 0) is 51.0 Å². The summed E-state index contributed by atoms with van der Waals surface area (Å²) >= 11 is 0. The highest BCUT2D eigenvalue weighted by Gasteiger charge is 2.26. The van der Waals surface area contributed by atoms with Gasteiger partial charge in [-0.25, -0.2) is 0 Å². The molecule has 0 aromatic rings. The Kier molecular flexibility index (Phi) is 4.45. The van der Waals surface area contributed by atoms with Crippen LogP contribution >= 0.6 is 0 Å². The summed E-state index contributed by atoms with van der Waals surface area (Å²) < 4.78 is 5.42. The summed E-state index contributed by atoms with van der Waals surface area (Å²) in [6.07, 6.45) is 9.76. The smallest absolute Gasteiger partial charge is 0.0468 e. The molecule has 1 saturated carbocycles. The lowest BCUT2D eigenvalue weighted by Crippen LogP contribution is -2.35. The minimum Gasteiger partial charge on any atom is -0.381 e. The van der Waals surface area contributed by atoms with Crippen LogP contribution in [0.5, 0.6) is 0 Å². The van der Waals surface area contributed by atoms with E-state index in [1.165, 1.54) is 44.9 Å². The van der Waals surface area contributed by atoms with Gasteiger partial charge in [-0.15, -0.1) is 0 Å². The zero-order valence-electron chi connectivity index (χ0n) is 10.0. The van der Waals surface area contributed by atoms with E-state index in [2.05, 4.69) is 12.4 Å². The minimum atomic E-state index is 0.774. The van der Waals surface area contributed by atoms with Gasteiger partial charge in [0.1, 0.15) is 0 Å². The van der Waals surface area contributed by atoms with Crippen molar-refractivity contribution < 1.29 is 4.74 Å². The first-order valence-electron chi connectivity index (χ1n) is 6.65. The summed E-state index contributed by atoms with van der Waals surface area (Å²) in [4.78, 5) is 0. The molecule has 1 heterocycles. The fourth-order valence-electron chi connectivity index (χ4n) is 3.25. The molecule has 0 aromatic heterocycles. The van der Waals surface area contributed by atoms with E-state index in [0.29, 0.717) is 0 Å². The van der Waals surface area contributed by atoms with Gasteiger partial charge < -0.3 is 10.1 Å². The predicted octanol–water partition coefficient (Wildman–Crippen LogP) is 2.58. The molecular weight excluding hydrogens is 186 g/mol. The van der Waals surface area contributed by atoms with Crippen molar-refractivity contribution in [2.24, 2.45) is 11.8 Å². The van der Waals surface area contributed by atoms with Crippen LogP contribution in [0.25, 0.3) is 0 Å². The molecule has 0 aromatic carbocycles. The standard InChI is InChI=1S/C13H25NO/c1-14-13(12-4-2-3-5-12)10-11-6-8-15-9-7-11/h11-14H,2-10H2,1H3. The lowest BCUT2D eigenvalue weighted by molar-refractivity contribution is 0.0583. The molecule has 1 saturated heterocycles. The summed E-state index contributed by atoms with van der Waals surface area (Å²) in [6.45, 7) is 1.98. The molecule has 2 fully saturated rings. The summed E-state index contributed by atoms with van der Waals surface area (Å²) in [5.74, 6) is 1.87. The van der Waals surface area contributed by atoms with Crippen LogP contribution in [0, 0.1) is 11.8 Å². The number of rotatable bonds is 4. The molecule has 1 aliphatic carbocycles. The summed E-state index contributed by atoms with van der Waals surface area (Å²) in [6, 6.07) is 0.774. The fourth-order valence-corrected chi connectivity index (χ4v) is 3.25. The Morgan fingerprint density at radius 2 is 1.80 bits per heavy atom. The van der Waals surface area contributed by atoms with Crippen LogP contribution in [-0.2, 0) is 4.74 Å². The van der Waals surface area contributed by atoms with Gasteiger partial charge >= 0.3 is 0 Å². The molecule has 0 bridgehead atoms. The van der Waals surface area contributed by atoms with Crippen LogP contribution in [0.1, 0.15) is 44.9 Å².